The van der Waals surface area contributed by atoms with Crippen LogP contribution in [0.2, 0.25) is 0 Å². The molecule has 0 bridgehead atoms. The lowest BCUT2D eigenvalue weighted by Gasteiger charge is -2.35. The van der Waals surface area contributed by atoms with E-state index in [1.807, 2.05) is 19.1 Å². The molecule has 0 aliphatic carbocycles. The first-order valence-electron chi connectivity index (χ1n) is 13.2. The van der Waals surface area contributed by atoms with Crippen LogP contribution < -0.4 is 14.4 Å². The Morgan fingerprint density at radius 1 is 1.05 bits per heavy atom. The number of hydrogen-bond acceptors (Lipinski definition) is 7. The predicted octanol–water partition coefficient (Wildman–Crippen LogP) is 3.36. The van der Waals surface area contributed by atoms with Gasteiger partial charge in [0.15, 0.2) is 17.0 Å². The number of anilines is 1. The van der Waals surface area contributed by atoms with Crippen molar-refractivity contribution in [3.05, 3.63) is 59.2 Å². The molecule has 9 heteroatoms. The molecule has 2 atom stereocenters. The van der Waals surface area contributed by atoms with Gasteiger partial charge in [0, 0.05) is 30.8 Å². The van der Waals surface area contributed by atoms with Crippen LogP contribution >= 0.6 is 0 Å². The number of ketones is 1. The average molecular weight is 519 g/mol. The van der Waals surface area contributed by atoms with E-state index in [0.29, 0.717) is 49.1 Å². The molecule has 2 unspecified atom stereocenters. The molecule has 4 heterocycles. The Morgan fingerprint density at radius 3 is 2.61 bits per heavy atom. The number of aliphatic hydroxyl groups is 1. The normalized spacial score (nSPS) is 25.5. The summed E-state index contributed by atoms with van der Waals surface area (Å²) in [5.74, 6) is -1.60. The van der Waals surface area contributed by atoms with Crippen LogP contribution in [-0.4, -0.2) is 66.6 Å². The van der Waals surface area contributed by atoms with E-state index in [4.69, 9.17) is 14.2 Å². The third-order valence-corrected chi connectivity index (χ3v) is 7.77. The van der Waals surface area contributed by atoms with Crippen molar-refractivity contribution in [1.29, 1.82) is 0 Å². The Hall–Kier alpha value is -3.85. The Morgan fingerprint density at radius 2 is 1.84 bits per heavy atom. The number of benzene rings is 2. The molecule has 4 aliphatic rings. The summed E-state index contributed by atoms with van der Waals surface area (Å²) in [6.45, 7) is 3.86. The molecule has 2 fully saturated rings. The van der Waals surface area contributed by atoms with Gasteiger partial charge in [-0.3, -0.25) is 14.4 Å². The molecule has 0 saturated carbocycles. The Bertz CT molecular complexity index is 1350. The molecule has 4 aliphatic heterocycles. The van der Waals surface area contributed by atoms with Gasteiger partial charge < -0.3 is 29.1 Å². The number of carbonyl (C=O) groups is 3. The summed E-state index contributed by atoms with van der Waals surface area (Å²) in [5.41, 5.74) is -0.604. The molecule has 38 heavy (non-hydrogen) atoms. The van der Waals surface area contributed by atoms with Crippen molar-refractivity contribution >= 4 is 29.0 Å². The minimum Gasteiger partial charge on any atom is -0.507 e. The monoisotopic (exact) mass is 518 g/mol. The van der Waals surface area contributed by atoms with Gasteiger partial charge in [0.25, 0.3) is 17.6 Å². The number of hydrogen-bond donors (Lipinski definition) is 1. The van der Waals surface area contributed by atoms with Crippen molar-refractivity contribution in [2.24, 2.45) is 0 Å². The van der Waals surface area contributed by atoms with Gasteiger partial charge in [0.05, 0.1) is 17.4 Å². The Labute approximate surface area is 220 Å². The van der Waals surface area contributed by atoms with Crippen LogP contribution in [0.15, 0.2) is 48.0 Å². The summed E-state index contributed by atoms with van der Waals surface area (Å²) in [5, 5.41) is 11.7. The highest BCUT2D eigenvalue weighted by Gasteiger charge is 2.67. The van der Waals surface area contributed by atoms with Gasteiger partial charge in [-0.1, -0.05) is 31.5 Å². The molecule has 1 spiro atoms. The van der Waals surface area contributed by atoms with Gasteiger partial charge in [-0.25, -0.2) is 0 Å². The number of rotatable bonds is 6. The Kier molecular flexibility index (Phi) is 6.10. The number of fused-ring (bicyclic) bond motifs is 3. The zero-order valence-corrected chi connectivity index (χ0v) is 21.3. The molecule has 2 saturated heterocycles. The molecule has 2 aromatic carbocycles. The number of carbonyl (C=O) groups excluding carboxylic acids is 3. The zero-order chi connectivity index (χ0) is 26.4. The van der Waals surface area contributed by atoms with Gasteiger partial charge in [0.2, 0.25) is 0 Å². The minimum absolute atomic E-state index is 0.0736. The van der Waals surface area contributed by atoms with Gasteiger partial charge >= 0.3 is 0 Å². The minimum atomic E-state index is -1.79. The molecule has 0 radical (unpaired) electrons. The molecule has 6 rings (SSSR count). The number of likely N-dealkylation sites (tertiary alicyclic amines) is 1. The van der Waals surface area contributed by atoms with Crippen molar-refractivity contribution < 1.29 is 33.7 Å². The molecular formula is C29H30N2O7. The second kappa shape index (κ2) is 9.47. The number of Topliss-reactive ketones (excluding diaryl/α,β-unsaturated/α-hetero) is 1. The van der Waals surface area contributed by atoms with E-state index in [9.17, 15) is 19.5 Å². The maximum absolute atomic E-state index is 14.5. The molecule has 2 amide bonds. The van der Waals surface area contributed by atoms with Gasteiger partial charge in [-0.05, 0) is 43.5 Å². The van der Waals surface area contributed by atoms with Crippen LogP contribution in [0.5, 0.6) is 11.5 Å². The molecule has 2 aromatic rings. The standard InChI is InChI=1S/C29H30N2O7/c1-2-3-12-30-21-9-5-4-8-20(21)29(28(30)35)24(26(33)27(34)31(29)17-19-7-6-13-36-19)25(32)18-10-11-22-23(16-18)38-15-14-37-22/h4-5,8-11,16,19,32H,2-3,6-7,12-15,17H2,1H3. The van der Waals surface area contributed by atoms with E-state index < -0.39 is 28.9 Å². The van der Waals surface area contributed by atoms with Crippen molar-refractivity contribution in [2.75, 3.05) is 37.8 Å². The summed E-state index contributed by atoms with van der Waals surface area (Å²) < 4.78 is 17.1. The lowest BCUT2D eigenvalue weighted by Crippen LogP contribution is -2.54. The summed E-state index contributed by atoms with van der Waals surface area (Å²) in [7, 11) is 0. The Balaban J connectivity index is 1.58. The topological polar surface area (TPSA) is 106 Å². The fourth-order valence-corrected chi connectivity index (χ4v) is 5.98. The third kappa shape index (κ3) is 3.52. The summed E-state index contributed by atoms with van der Waals surface area (Å²) in [6.07, 6.45) is 2.87. The smallest absolute Gasteiger partial charge is 0.296 e. The second-order valence-electron chi connectivity index (χ2n) is 10.00. The summed E-state index contributed by atoms with van der Waals surface area (Å²) in [4.78, 5) is 44.9. The quantitative estimate of drug-likeness (QED) is 0.355. The van der Waals surface area contributed by atoms with Crippen molar-refractivity contribution in [1.82, 2.24) is 4.90 Å². The predicted molar refractivity (Wildman–Crippen MR) is 138 cm³/mol. The molecule has 198 valence electrons. The number of ether oxygens (including phenoxy) is 3. The van der Waals surface area contributed by atoms with Crippen LogP contribution in [0.25, 0.3) is 5.76 Å². The maximum atomic E-state index is 14.5. The molecule has 9 nitrogen and oxygen atoms in total. The largest absolute Gasteiger partial charge is 0.507 e. The fourth-order valence-electron chi connectivity index (χ4n) is 5.98. The highest BCUT2D eigenvalue weighted by molar-refractivity contribution is 6.50. The lowest BCUT2D eigenvalue weighted by molar-refractivity contribution is -0.145. The van der Waals surface area contributed by atoms with E-state index in [-0.39, 0.29) is 23.8 Å². The second-order valence-corrected chi connectivity index (χ2v) is 10.00. The average Bonchev–Trinajstić information content (AvgIpc) is 3.60. The van der Waals surface area contributed by atoms with Gasteiger partial charge in [-0.15, -0.1) is 0 Å². The van der Waals surface area contributed by atoms with E-state index in [2.05, 4.69) is 0 Å². The van der Waals surface area contributed by atoms with E-state index >= 15 is 0 Å². The van der Waals surface area contributed by atoms with E-state index in [0.717, 1.165) is 25.7 Å². The molecule has 1 N–H and O–H groups in total. The highest BCUT2D eigenvalue weighted by Crippen LogP contribution is 2.54. The SMILES string of the molecule is CCCCN1C(=O)C2(C(=C(O)c3ccc4c(c3)OCCO4)C(=O)C(=O)N2CC2CCCO2)c2ccccc21. The van der Waals surface area contributed by atoms with Crippen molar-refractivity contribution in [2.45, 2.75) is 44.2 Å². The van der Waals surface area contributed by atoms with Crippen LogP contribution in [0, 0.1) is 0 Å². The first kappa shape index (κ1) is 24.5. The number of nitrogens with zero attached hydrogens (tertiary/aromatic N) is 2. The highest BCUT2D eigenvalue weighted by atomic mass is 16.6. The van der Waals surface area contributed by atoms with Crippen molar-refractivity contribution in [3.8, 4) is 11.5 Å². The third-order valence-electron chi connectivity index (χ3n) is 7.77. The maximum Gasteiger partial charge on any atom is 0.296 e. The van der Waals surface area contributed by atoms with E-state index in [1.54, 1.807) is 35.2 Å². The summed E-state index contributed by atoms with van der Waals surface area (Å²) >= 11 is 0. The zero-order valence-electron chi connectivity index (χ0n) is 21.3. The van der Waals surface area contributed by atoms with E-state index in [1.165, 1.54) is 4.90 Å². The lowest BCUT2D eigenvalue weighted by atomic mass is 9.81. The fraction of sp³-hybridized carbons (Fsp3) is 0.414. The number of aliphatic hydroxyl groups excluding tert-OH is 1. The van der Waals surface area contributed by atoms with Gasteiger partial charge in [0.1, 0.15) is 19.0 Å². The molecular weight excluding hydrogens is 488 g/mol. The number of para-hydroxylation sites is 1. The first-order valence-corrected chi connectivity index (χ1v) is 13.2. The van der Waals surface area contributed by atoms with Crippen LogP contribution in [0.4, 0.5) is 5.69 Å². The number of amides is 2. The van der Waals surface area contributed by atoms with Crippen LogP contribution in [0.3, 0.4) is 0 Å². The van der Waals surface area contributed by atoms with Gasteiger partial charge in [-0.2, -0.15) is 0 Å². The van der Waals surface area contributed by atoms with Crippen molar-refractivity contribution in [3.63, 3.8) is 0 Å². The van der Waals surface area contributed by atoms with Crippen LogP contribution in [-0.2, 0) is 24.7 Å². The number of unbranched alkanes of at least 4 members (excludes halogenated alkanes) is 1. The summed E-state index contributed by atoms with van der Waals surface area (Å²) in [6, 6.07) is 12.0. The molecule has 0 aromatic heterocycles. The first-order chi connectivity index (χ1) is 18.5. The van der Waals surface area contributed by atoms with Crippen LogP contribution in [0.1, 0.15) is 43.7 Å².